The number of aromatic nitrogens is 4. The van der Waals surface area contributed by atoms with Gasteiger partial charge in [0.2, 0.25) is 0 Å². The molecule has 2 rings (SSSR count). The number of rotatable bonds is 6. The van der Waals surface area contributed by atoms with E-state index >= 15 is 0 Å². The Labute approximate surface area is 156 Å². The van der Waals surface area contributed by atoms with Gasteiger partial charge in [-0.2, -0.15) is 0 Å². The molecule has 0 saturated heterocycles. The zero-order valence-corrected chi connectivity index (χ0v) is 16.4. The van der Waals surface area contributed by atoms with Crippen molar-refractivity contribution in [1.29, 1.82) is 0 Å². The maximum atomic E-state index is 12.3. The monoisotopic (exact) mass is 379 g/mol. The van der Waals surface area contributed by atoms with E-state index in [4.69, 9.17) is 4.74 Å². The van der Waals surface area contributed by atoms with Crippen molar-refractivity contribution in [1.82, 2.24) is 23.6 Å². The zero-order chi connectivity index (χ0) is 20.5. The summed E-state index contributed by atoms with van der Waals surface area (Å²) >= 11 is 0. The Morgan fingerprint density at radius 3 is 2.26 bits per heavy atom. The molecule has 2 heterocycles. The highest BCUT2D eigenvalue weighted by Crippen LogP contribution is 2.07. The first-order chi connectivity index (χ1) is 12.6. The van der Waals surface area contributed by atoms with Crippen LogP contribution in [0.5, 0.6) is 0 Å². The fourth-order valence-electron chi connectivity index (χ4n) is 3.09. The molecule has 0 radical (unpaired) electrons. The maximum absolute atomic E-state index is 12.3. The molecule has 0 aliphatic heterocycles. The second-order valence-corrected chi connectivity index (χ2v) is 6.90. The van der Waals surface area contributed by atoms with E-state index in [1.54, 1.807) is 4.90 Å². The molecule has 148 valence electrons. The average molecular weight is 379 g/mol. The predicted octanol–water partition coefficient (Wildman–Crippen LogP) is -0.378. The van der Waals surface area contributed by atoms with Gasteiger partial charge in [-0.1, -0.05) is 0 Å². The van der Waals surface area contributed by atoms with Gasteiger partial charge in [-0.05, 0) is 27.7 Å². The van der Waals surface area contributed by atoms with Crippen molar-refractivity contribution in [3.63, 3.8) is 0 Å². The number of hydrogen-bond acceptors (Lipinski definition) is 6. The minimum atomic E-state index is -0.675. The number of carbonyl (C=O) groups excluding carboxylic acids is 2. The van der Waals surface area contributed by atoms with Crippen molar-refractivity contribution >= 4 is 23.0 Å². The Kier molecular flexibility index (Phi) is 5.87. The van der Waals surface area contributed by atoms with Crippen LogP contribution in [0.15, 0.2) is 15.9 Å². The van der Waals surface area contributed by atoms with Gasteiger partial charge < -0.3 is 14.2 Å². The Morgan fingerprint density at radius 1 is 1.11 bits per heavy atom. The first kappa shape index (κ1) is 20.4. The van der Waals surface area contributed by atoms with Gasteiger partial charge in [0, 0.05) is 26.2 Å². The highest BCUT2D eigenvalue weighted by atomic mass is 16.5. The van der Waals surface area contributed by atoms with Crippen LogP contribution in [-0.2, 0) is 35.0 Å². The predicted molar refractivity (Wildman–Crippen MR) is 98.3 cm³/mol. The Hall–Kier alpha value is -2.91. The van der Waals surface area contributed by atoms with Crippen molar-refractivity contribution < 1.29 is 14.3 Å². The molecule has 1 amide bonds. The van der Waals surface area contributed by atoms with Gasteiger partial charge in [0.1, 0.15) is 6.54 Å². The molecule has 0 aliphatic carbocycles. The van der Waals surface area contributed by atoms with Crippen LogP contribution in [0.3, 0.4) is 0 Å². The van der Waals surface area contributed by atoms with Crippen LogP contribution in [0.4, 0.5) is 0 Å². The summed E-state index contributed by atoms with van der Waals surface area (Å²) in [4.78, 5) is 54.4. The van der Waals surface area contributed by atoms with Crippen LogP contribution in [-0.4, -0.2) is 54.2 Å². The van der Waals surface area contributed by atoms with E-state index in [0.717, 1.165) is 4.57 Å². The number of esters is 1. The number of fused-ring (bicyclic) bond motifs is 1. The molecular weight excluding hydrogens is 354 g/mol. The van der Waals surface area contributed by atoms with Crippen molar-refractivity contribution in [2.24, 2.45) is 14.1 Å². The molecule has 2 aromatic rings. The minimum absolute atomic E-state index is 0.0156. The SMILES string of the molecule is CC(C)N(C(=O)COC(=O)Cn1cnc2c1c(=O)n(C)c(=O)n2C)C(C)C. The average Bonchev–Trinajstić information content (AvgIpc) is 2.99. The van der Waals surface area contributed by atoms with Crippen molar-refractivity contribution in [3.05, 3.63) is 27.2 Å². The molecule has 2 aromatic heterocycles. The summed E-state index contributed by atoms with van der Waals surface area (Å²) in [5.74, 6) is -0.965. The third-order valence-corrected chi connectivity index (χ3v) is 4.27. The first-order valence-corrected chi connectivity index (χ1v) is 8.63. The van der Waals surface area contributed by atoms with E-state index in [0.29, 0.717) is 0 Å². The fourth-order valence-corrected chi connectivity index (χ4v) is 3.09. The van der Waals surface area contributed by atoms with E-state index in [1.165, 1.54) is 29.6 Å². The number of ether oxygens (including phenoxy) is 1. The number of aryl methyl sites for hydroxylation is 1. The van der Waals surface area contributed by atoms with E-state index in [1.807, 2.05) is 27.7 Å². The Balaban J connectivity index is 2.17. The van der Waals surface area contributed by atoms with Gasteiger partial charge in [0.25, 0.3) is 11.5 Å². The molecule has 10 nitrogen and oxygen atoms in total. The third kappa shape index (κ3) is 3.93. The van der Waals surface area contributed by atoms with Crippen LogP contribution >= 0.6 is 0 Å². The minimum Gasteiger partial charge on any atom is -0.454 e. The quantitative estimate of drug-likeness (QED) is 0.633. The van der Waals surface area contributed by atoms with Gasteiger partial charge in [-0.25, -0.2) is 9.78 Å². The van der Waals surface area contributed by atoms with Gasteiger partial charge in [0.15, 0.2) is 17.8 Å². The fraction of sp³-hybridized carbons (Fsp3) is 0.588. The zero-order valence-electron chi connectivity index (χ0n) is 16.4. The van der Waals surface area contributed by atoms with E-state index in [-0.39, 0.29) is 42.3 Å². The van der Waals surface area contributed by atoms with Gasteiger partial charge in [-0.15, -0.1) is 0 Å². The molecule has 0 aromatic carbocycles. The Morgan fingerprint density at radius 2 is 1.70 bits per heavy atom. The summed E-state index contributed by atoms with van der Waals surface area (Å²) in [6.07, 6.45) is 1.29. The largest absolute Gasteiger partial charge is 0.454 e. The lowest BCUT2D eigenvalue weighted by Gasteiger charge is -2.30. The molecule has 0 N–H and O–H groups in total. The number of carbonyl (C=O) groups is 2. The molecule has 27 heavy (non-hydrogen) atoms. The lowest BCUT2D eigenvalue weighted by molar-refractivity contribution is -0.154. The summed E-state index contributed by atoms with van der Waals surface area (Å²) in [6, 6.07) is -0.0313. The Bertz CT molecular complexity index is 974. The summed E-state index contributed by atoms with van der Waals surface area (Å²) in [5.41, 5.74) is -0.764. The lowest BCUT2D eigenvalue weighted by Crippen LogP contribution is -2.44. The third-order valence-electron chi connectivity index (χ3n) is 4.27. The highest BCUT2D eigenvalue weighted by molar-refractivity contribution is 5.81. The standard InChI is InChI=1S/C17H25N5O5/c1-10(2)22(11(3)4)12(23)8-27-13(24)7-21-9-18-15-14(21)16(25)20(6)17(26)19(15)5/h9-11H,7-8H2,1-6H3. The lowest BCUT2D eigenvalue weighted by atomic mass is 10.2. The highest BCUT2D eigenvalue weighted by Gasteiger charge is 2.22. The van der Waals surface area contributed by atoms with E-state index in [9.17, 15) is 19.2 Å². The molecule has 0 bridgehead atoms. The van der Waals surface area contributed by atoms with Gasteiger partial charge in [0.05, 0.1) is 6.33 Å². The van der Waals surface area contributed by atoms with Gasteiger partial charge >= 0.3 is 11.7 Å². The molecule has 0 unspecified atom stereocenters. The van der Waals surface area contributed by atoms with Crippen LogP contribution < -0.4 is 11.2 Å². The van der Waals surface area contributed by atoms with Gasteiger partial charge in [-0.3, -0.25) is 23.5 Å². The van der Waals surface area contributed by atoms with Crippen LogP contribution in [0.1, 0.15) is 27.7 Å². The second-order valence-electron chi connectivity index (χ2n) is 6.90. The molecule has 0 saturated carbocycles. The maximum Gasteiger partial charge on any atom is 0.332 e. The van der Waals surface area contributed by atoms with Crippen molar-refractivity contribution in [2.75, 3.05) is 6.61 Å². The number of amides is 1. The summed E-state index contributed by atoms with van der Waals surface area (Å²) in [6.45, 7) is 6.88. The topological polar surface area (TPSA) is 108 Å². The van der Waals surface area contributed by atoms with Crippen LogP contribution in [0, 0.1) is 0 Å². The molecule has 10 heteroatoms. The number of hydrogen-bond donors (Lipinski definition) is 0. The summed E-state index contributed by atoms with van der Waals surface area (Å²) < 4.78 is 8.56. The molecule has 0 fully saturated rings. The van der Waals surface area contributed by atoms with E-state index < -0.39 is 17.2 Å². The molecule has 0 atom stereocenters. The van der Waals surface area contributed by atoms with Crippen molar-refractivity contribution in [2.45, 2.75) is 46.3 Å². The normalized spacial score (nSPS) is 11.4. The molecule has 0 aliphatic rings. The number of imidazole rings is 1. The number of nitrogens with zero attached hydrogens (tertiary/aromatic N) is 5. The summed E-state index contributed by atoms with van der Waals surface area (Å²) in [5, 5.41) is 0. The second kappa shape index (κ2) is 7.77. The van der Waals surface area contributed by atoms with E-state index in [2.05, 4.69) is 4.98 Å². The van der Waals surface area contributed by atoms with Crippen LogP contribution in [0.2, 0.25) is 0 Å². The van der Waals surface area contributed by atoms with Crippen molar-refractivity contribution in [3.8, 4) is 0 Å². The van der Waals surface area contributed by atoms with Crippen LogP contribution in [0.25, 0.3) is 11.2 Å². The molecule has 0 spiro atoms. The molecular formula is C17H25N5O5. The first-order valence-electron chi connectivity index (χ1n) is 8.63. The summed E-state index contributed by atoms with van der Waals surface area (Å²) in [7, 11) is 2.84. The smallest absolute Gasteiger partial charge is 0.332 e.